The van der Waals surface area contributed by atoms with Crippen molar-refractivity contribution in [1.82, 2.24) is 0 Å². The summed E-state index contributed by atoms with van der Waals surface area (Å²) in [5, 5.41) is 6.79. The van der Waals surface area contributed by atoms with Crippen LogP contribution in [0.1, 0.15) is 33.4 Å². The Labute approximate surface area is 355 Å². The predicted molar refractivity (Wildman–Crippen MR) is 247 cm³/mol. The van der Waals surface area contributed by atoms with Crippen LogP contribution in [0.25, 0.3) is 32.3 Å². The summed E-state index contributed by atoms with van der Waals surface area (Å²) < 4.78 is 7.23. The molecule has 0 fully saturated rings. The van der Waals surface area contributed by atoms with Crippen LogP contribution in [0, 0.1) is 21.4 Å². The van der Waals surface area contributed by atoms with Gasteiger partial charge in [-0.3, -0.25) is 0 Å². The summed E-state index contributed by atoms with van der Waals surface area (Å²) in [6.45, 7) is 0. The van der Waals surface area contributed by atoms with E-state index in [-0.39, 0.29) is 0 Å². The molecule has 0 unspecified atom stereocenters. The predicted octanol–water partition coefficient (Wildman–Crippen LogP) is 10.7. The van der Waals surface area contributed by atoms with Gasteiger partial charge in [-0.2, -0.15) is 0 Å². The van der Waals surface area contributed by atoms with Gasteiger partial charge in [0.05, 0.1) is 0 Å². The quantitative estimate of drug-likeness (QED) is 0.136. The van der Waals surface area contributed by atoms with Crippen LogP contribution in [0.4, 0.5) is 0 Å². The molecule has 0 atom stereocenters. The first-order chi connectivity index (χ1) is 23.2. The number of benzene rings is 6. The standard InChI is InChI=1S/C36H12I6N6/c37-25-7-13-1-19-20(2-14(13)8-26(25)38)32-43-31(19)46-33-21-3-15-9-27(39)28(40)10-16(15)4-22(21)35(44-33)48-36-24-6-18-12-30(42)29(41)11-17(18)5-23(24)34(45-36)47-32/h1-12H. The molecule has 0 aliphatic carbocycles. The highest BCUT2D eigenvalue weighted by atomic mass is 127. The first-order valence-electron chi connectivity index (χ1n) is 14.5. The number of fused-ring (bicyclic) bond motifs is 15. The number of amidine groups is 6. The average Bonchev–Trinajstić information content (AvgIpc) is 3.67. The minimum Gasteiger partial charge on any atom is -0.208 e. The molecule has 228 valence electrons. The van der Waals surface area contributed by atoms with Crippen LogP contribution in [0.2, 0.25) is 0 Å². The van der Waals surface area contributed by atoms with Gasteiger partial charge in [0, 0.05) is 54.8 Å². The Morgan fingerprint density at radius 1 is 0.229 bits per heavy atom. The lowest BCUT2D eigenvalue weighted by Gasteiger charge is -2.08. The van der Waals surface area contributed by atoms with E-state index in [0.29, 0.717) is 35.0 Å². The van der Waals surface area contributed by atoms with Crippen molar-refractivity contribution in [3.63, 3.8) is 0 Å². The van der Waals surface area contributed by atoms with E-state index < -0.39 is 0 Å². The van der Waals surface area contributed by atoms with Crippen LogP contribution in [0.3, 0.4) is 0 Å². The molecular weight excluding hydrogens is 1280 g/mol. The first-order valence-corrected chi connectivity index (χ1v) is 21.0. The van der Waals surface area contributed by atoms with Gasteiger partial charge in [-0.05, 0) is 241 Å². The highest BCUT2D eigenvalue weighted by Crippen LogP contribution is 2.36. The summed E-state index contributed by atoms with van der Waals surface area (Å²) in [4.78, 5) is 30.8. The molecule has 0 saturated heterocycles. The summed E-state index contributed by atoms with van der Waals surface area (Å²) >= 11 is 14.4. The van der Waals surface area contributed by atoms with Crippen LogP contribution >= 0.6 is 136 Å². The maximum Gasteiger partial charge on any atom is 0.164 e. The van der Waals surface area contributed by atoms with E-state index in [1.54, 1.807) is 0 Å². The third-order valence-corrected chi connectivity index (χ3v) is 17.2. The van der Waals surface area contributed by atoms with E-state index in [9.17, 15) is 0 Å². The average molecular weight is 1290 g/mol. The molecule has 0 saturated carbocycles. The summed E-state index contributed by atoms with van der Waals surface area (Å²) in [6.07, 6.45) is 0. The highest BCUT2D eigenvalue weighted by Gasteiger charge is 2.31. The molecule has 48 heavy (non-hydrogen) atoms. The van der Waals surface area contributed by atoms with Crippen LogP contribution in [0.5, 0.6) is 0 Å². The molecule has 4 heterocycles. The molecule has 4 aliphatic rings. The Bertz CT molecular complexity index is 2480. The smallest absolute Gasteiger partial charge is 0.164 e. The number of hydrogen-bond acceptors (Lipinski definition) is 6. The highest BCUT2D eigenvalue weighted by molar-refractivity contribution is 14.1. The molecule has 4 aliphatic heterocycles. The Morgan fingerprint density at radius 2 is 0.375 bits per heavy atom. The molecule has 0 N–H and O–H groups in total. The Hall–Kier alpha value is -1.50. The molecule has 0 aromatic heterocycles. The van der Waals surface area contributed by atoms with Crippen molar-refractivity contribution in [3.05, 3.63) is 128 Å². The van der Waals surface area contributed by atoms with Crippen molar-refractivity contribution in [2.24, 2.45) is 30.0 Å². The van der Waals surface area contributed by atoms with Crippen molar-refractivity contribution in [1.29, 1.82) is 0 Å². The number of aliphatic imine (C=N–C) groups is 6. The van der Waals surface area contributed by atoms with E-state index in [0.717, 1.165) is 65.7 Å². The molecular formula is C36H12I6N6. The van der Waals surface area contributed by atoms with E-state index >= 15 is 0 Å². The maximum absolute atomic E-state index is 5.17. The van der Waals surface area contributed by atoms with Crippen molar-refractivity contribution >= 4 is 203 Å². The van der Waals surface area contributed by atoms with E-state index in [1.807, 2.05) is 0 Å². The monoisotopic (exact) mass is 1290 g/mol. The van der Waals surface area contributed by atoms with Gasteiger partial charge in [0.15, 0.2) is 35.0 Å². The molecule has 10 rings (SSSR count). The fraction of sp³-hybridized carbons (Fsp3) is 0. The summed E-state index contributed by atoms with van der Waals surface area (Å²) in [7, 11) is 0. The summed E-state index contributed by atoms with van der Waals surface area (Å²) in [5.41, 5.74) is 5.60. The van der Waals surface area contributed by atoms with Gasteiger partial charge in [-0.1, -0.05) is 0 Å². The fourth-order valence-electron chi connectivity index (χ4n) is 6.47. The van der Waals surface area contributed by atoms with Crippen LogP contribution in [0.15, 0.2) is 103 Å². The number of rotatable bonds is 0. The third-order valence-electron chi connectivity index (χ3n) is 8.76. The number of hydrogen-bond donors (Lipinski definition) is 0. The Morgan fingerprint density at radius 3 is 0.521 bits per heavy atom. The Balaban J connectivity index is 1.29. The normalized spacial score (nSPS) is 15.6. The Kier molecular flexibility index (Phi) is 7.49. The lowest BCUT2D eigenvalue weighted by atomic mass is 10.0. The SMILES string of the molecule is Ic1cc2cc3c(cc2cc1I)C1=NC2=NC(=NC4=NC(=NC3=N1)c1cc3cc(I)c(I)cc3cc14)c1cc3cc(I)c(I)cc3cc12. The topological polar surface area (TPSA) is 74.2 Å². The largest absolute Gasteiger partial charge is 0.208 e. The fourth-order valence-corrected chi connectivity index (χ4v) is 9.41. The molecule has 6 aromatic carbocycles. The summed E-state index contributed by atoms with van der Waals surface area (Å²) in [5.74, 6) is 3.55. The van der Waals surface area contributed by atoms with Crippen molar-refractivity contribution in [2.45, 2.75) is 0 Å². The lowest BCUT2D eigenvalue weighted by molar-refractivity contribution is 1.49. The van der Waals surface area contributed by atoms with Gasteiger partial charge < -0.3 is 0 Å². The van der Waals surface area contributed by atoms with Crippen molar-refractivity contribution in [2.75, 3.05) is 0 Å². The summed E-state index contributed by atoms with van der Waals surface area (Å²) in [6, 6.07) is 26.4. The van der Waals surface area contributed by atoms with Crippen molar-refractivity contribution < 1.29 is 0 Å². The molecule has 6 bridgehead atoms. The molecule has 0 amide bonds. The van der Waals surface area contributed by atoms with Gasteiger partial charge in [0.25, 0.3) is 0 Å². The second-order valence-electron chi connectivity index (χ2n) is 11.6. The zero-order chi connectivity index (χ0) is 32.6. The minimum atomic E-state index is 0.591. The second kappa shape index (κ2) is 11.5. The van der Waals surface area contributed by atoms with Gasteiger partial charge >= 0.3 is 0 Å². The molecule has 6 nitrogen and oxygen atoms in total. The minimum absolute atomic E-state index is 0.591. The molecule has 6 aromatic rings. The van der Waals surface area contributed by atoms with Gasteiger partial charge in [0.1, 0.15) is 0 Å². The van der Waals surface area contributed by atoms with E-state index in [4.69, 9.17) is 30.0 Å². The van der Waals surface area contributed by atoms with Crippen LogP contribution in [-0.4, -0.2) is 35.0 Å². The molecule has 0 radical (unpaired) electrons. The zero-order valence-corrected chi connectivity index (χ0v) is 36.8. The first kappa shape index (κ1) is 31.3. The molecule has 12 heteroatoms. The maximum atomic E-state index is 5.17. The van der Waals surface area contributed by atoms with E-state index in [2.05, 4.69) is 208 Å². The van der Waals surface area contributed by atoms with E-state index in [1.165, 1.54) is 21.4 Å². The van der Waals surface area contributed by atoms with Crippen LogP contribution < -0.4 is 0 Å². The number of halogens is 6. The zero-order valence-electron chi connectivity index (χ0n) is 23.9. The molecule has 0 spiro atoms. The lowest BCUT2D eigenvalue weighted by Crippen LogP contribution is -2.03. The van der Waals surface area contributed by atoms with Crippen LogP contribution in [-0.2, 0) is 0 Å². The van der Waals surface area contributed by atoms with Crippen molar-refractivity contribution in [3.8, 4) is 0 Å². The number of nitrogens with zero attached hydrogens (tertiary/aromatic N) is 6. The van der Waals surface area contributed by atoms with Gasteiger partial charge in [0.2, 0.25) is 0 Å². The second-order valence-corrected chi connectivity index (χ2v) is 18.6. The third kappa shape index (κ3) is 4.94. The van der Waals surface area contributed by atoms with Gasteiger partial charge in [-0.25, -0.2) is 30.0 Å². The van der Waals surface area contributed by atoms with Gasteiger partial charge in [-0.15, -0.1) is 0 Å².